The van der Waals surface area contributed by atoms with Gasteiger partial charge in [0.25, 0.3) is 0 Å². The van der Waals surface area contributed by atoms with Gasteiger partial charge in [0.2, 0.25) is 0 Å². The van der Waals surface area contributed by atoms with Gasteiger partial charge in [0, 0.05) is 0 Å². The molecular weight excluding hydrogens is 222 g/mol. The highest BCUT2D eigenvalue weighted by molar-refractivity contribution is 5.26. The lowest BCUT2D eigenvalue weighted by Crippen LogP contribution is -2.28. The smallest absolute Gasteiger partial charge is 0.119 e. The van der Waals surface area contributed by atoms with E-state index >= 15 is 0 Å². The van der Waals surface area contributed by atoms with Gasteiger partial charge in [-0.3, -0.25) is 0 Å². The summed E-state index contributed by atoms with van der Waals surface area (Å²) in [4.78, 5) is 0. The first kappa shape index (κ1) is 12.7. The second-order valence-corrected chi connectivity index (χ2v) is 4.57. The molecule has 2 N–H and O–H groups in total. The SMILES string of the molecule is Cc1ccc(C(N)C(C)Oc2ccccc2)cc1. The maximum atomic E-state index is 6.21. The predicted molar refractivity (Wildman–Crippen MR) is 74.6 cm³/mol. The Hall–Kier alpha value is -1.80. The first-order valence-corrected chi connectivity index (χ1v) is 6.20. The molecule has 2 nitrogen and oxygen atoms in total. The van der Waals surface area contributed by atoms with E-state index in [4.69, 9.17) is 10.5 Å². The fourth-order valence-corrected chi connectivity index (χ4v) is 1.85. The van der Waals surface area contributed by atoms with Gasteiger partial charge < -0.3 is 10.5 Å². The van der Waals surface area contributed by atoms with Crippen LogP contribution in [0.15, 0.2) is 54.6 Å². The molecule has 0 radical (unpaired) electrons. The molecule has 0 fully saturated rings. The summed E-state index contributed by atoms with van der Waals surface area (Å²) in [6, 6.07) is 17.9. The molecule has 0 heterocycles. The zero-order valence-electron chi connectivity index (χ0n) is 10.8. The molecule has 2 atom stereocenters. The summed E-state index contributed by atoms with van der Waals surface area (Å²) in [6.07, 6.45) is -0.0601. The third kappa shape index (κ3) is 3.11. The molecule has 2 heteroatoms. The lowest BCUT2D eigenvalue weighted by atomic mass is 10.0. The van der Waals surface area contributed by atoms with Crippen LogP contribution in [-0.2, 0) is 0 Å². The Morgan fingerprint density at radius 1 is 0.944 bits per heavy atom. The van der Waals surface area contributed by atoms with Crippen molar-refractivity contribution < 1.29 is 4.74 Å². The number of aryl methyl sites for hydroxylation is 1. The number of hydrogen-bond acceptors (Lipinski definition) is 2. The third-order valence-electron chi connectivity index (χ3n) is 3.03. The molecule has 0 aliphatic heterocycles. The van der Waals surface area contributed by atoms with E-state index in [2.05, 4.69) is 31.2 Å². The van der Waals surface area contributed by atoms with Crippen LogP contribution in [0.4, 0.5) is 0 Å². The lowest BCUT2D eigenvalue weighted by molar-refractivity contribution is 0.190. The number of ether oxygens (including phenoxy) is 1. The first-order chi connectivity index (χ1) is 8.66. The lowest BCUT2D eigenvalue weighted by Gasteiger charge is -2.22. The summed E-state index contributed by atoms with van der Waals surface area (Å²) in [7, 11) is 0. The van der Waals surface area contributed by atoms with Crippen molar-refractivity contribution >= 4 is 0 Å². The molecule has 0 saturated heterocycles. The zero-order chi connectivity index (χ0) is 13.0. The van der Waals surface area contributed by atoms with Gasteiger partial charge in [-0.2, -0.15) is 0 Å². The quantitative estimate of drug-likeness (QED) is 0.889. The summed E-state index contributed by atoms with van der Waals surface area (Å²) in [5.74, 6) is 0.854. The van der Waals surface area contributed by atoms with Crippen LogP contribution in [0.2, 0.25) is 0 Å². The van der Waals surface area contributed by atoms with E-state index < -0.39 is 0 Å². The molecule has 0 spiro atoms. The maximum Gasteiger partial charge on any atom is 0.119 e. The average Bonchev–Trinajstić information content (AvgIpc) is 2.40. The van der Waals surface area contributed by atoms with Crippen LogP contribution in [0.3, 0.4) is 0 Å². The Labute approximate surface area is 108 Å². The molecule has 2 unspecified atom stereocenters. The monoisotopic (exact) mass is 241 g/mol. The summed E-state index contributed by atoms with van der Waals surface area (Å²) < 4.78 is 5.84. The van der Waals surface area contributed by atoms with Crippen molar-refractivity contribution in [3.05, 3.63) is 65.7 Å². The minimum atomic E-state index is -0.120. The summed E-state index contributed by atoms with van der Waals surface area (Å²) in [5.41, 5.74) is 8.55. The van der Waals surface area contributed by atoms with E-state index in [0.717, 1.165) is 11.3 Å². The van der Waals surface area contributed by atoms with Gasteiger partial charge in [-0.05, 0) is 31.5 Å². The Balaban J connectivity index is 2.05. The molecule has 0 bridgehead atoms. The number of benzene rings is 2. The molecule has 0 aliphatic carbocycles. The summed E-state index contributed by atoms with van der Waals surface area (Å²) >= 11 is 0. The topological polar surface area (TPSA) is 35.2 Å². The van der Waals surface area contributed by atoms with E-state index in [0.29, 0.717) is 0 Å². The highest BCUT2D eigenvalue weighted by Crippen LogP contribution is 2.20. The van der Waals surface area contributed by atoms with Crippen LogP contribution < -0.4 is 10.5 Å². The number of hydrogen-bond donors (Lipinski definition) is 1. The van der Waals surface area contributed by atoms with Gasteiger partial charge in [0.05, 0.1) is 6.04 Å². The number of nitrogens with two attached hydrogens (primary N) is 1. The second-order valence-electron chi connectivity index (χ2n) is 4.57. The molecule has 2 aromatic rings. The van der Waals surface area contributed by atoms with Crippen LogP contribution in [-0.4, -0.2) is 6.10 Å². The highest BCUT2D eigenvalue weighted by Gasteiger charge is 2.16. The van der Waals surface area contributed by atoms with Crippen molar-refractivity contribution in [3.8, 4) is 5.75 Å². The van der Waals surface area contributed by atoms with E-state index in [1.54, 1.807) is 0 Å². The molecule has 0 saturated carbocycles. The summed E-state index contributed by atoms with van der Waals surface area (Å²) in [6.45, 7) is 4.07. The molecule has 0 amide bonds. The largest absolute Gasteiger partial charge is 0.489 e. The van der Waals surface area contributed by atoms with Crippen LogP contribution in [0.25, 0.3) is 0 Å². The minimum absolute atomic E-state index is 0.0601. The first-order valence-electron chi connectivity index (χ1n) is 6.20. The highest BCUT2D eigenvalue weighted by atomic mass is 16.5. The van der Waals surface area contributed by atoms with Gasteiger partial charge in [-0.1, -0.05) is 48.0 Å². The van der Waals surface area contributed by atoms with Gasteiger partial charge in [-0.15, -0.1) is 0 Å². The fourth-order valence-electron chi connectivity index (χ4n) is 1.85. The van der Waals surface area contributed by atoms with Crippen molar-refractivity contribution in [3.63, 3.8) is 0 Å². The molecule has 0 aliphatic rings. The maximum absolute atomic E-state index is 6.21. The van der Waals surface area contributed by atoms with Gasteiger partial charge in [0.1, 0.15) is 11.9 Å². The van der Waals surface area contributed by atoms with Gasteiger partial charge in [-0.25, -0.2) is 0 Å². The Kier molecular flexibility index (Phi) is 4.00. The normalized spacial score (nSPS) is 13.9. The van der Waals surface area contributed by atoms with E-state index in [9.17, 15) is 0 Å². The van der Waals surface area contributed by atoms with Crippen molar-refractivity contribution in [1.82, 2.24) is 0 Å². The predicted octanol–water partition coefficient (Wildman–Crippen LogP) is 3.46. The summed E-state index contributed by atoms with van der Waals surface area (Å²) in [5, 5.41) is 0. The van der Waals surface area contributed by atoms with Crippen molar-refractivity contribution in [2.75, 3.05) is 0 Å². The number of para-hydroxylation sites is 1. The van der Waals surface area contributed by atoms with Gasteiger partial charge >= 0.3 is 0 Å². The standard InChI is InChI=1S/C16H19NO/c1-12-8-10-14(11-9-12)16(17)13(2)18-15-6-4-3-5-7-15/h3-11,13,16H,17H2,1-2H3. The minimum Gasteiger partial charge on any atom is -0.489 e. The fraction of sp³-hybridized carbons (Fsp3) is 0.250. The zero-order valence-corrected chi connectivity index (χ0v) is 10.8. The van der Waals surface area contributed by atoms with Crippen molar-refractivity contribution in [1.29, 1.82) is 0 Å². The van der Waals surface area contributed by atoms with Gasteiger partial charge in [0.15, 0.2) is 0 Å². The Morgan fingerprint density at radius 2 is 1.56 bits per heavy atom. The van der Waals surface area contributed by atoms with Crippen LogP contribution in [0.5, 0.6) is 5.75 Å². The van der Waals surface area contributed by atoms with E-state index in [-0.39, 0.29) is 12.1 Å². The second kappa shape index (κ2) is 5.69. The molecule has 0 aromatic heterocycles. The van der Waals surface area contributed by atoms with Crippen LogP contribution in [0, 0.1) is 6.92 Å². The van der Waals surface area contributed by atoms with Crippen molar-refractivity contribution in [2.45, 2.75) is 26.0 Å². The third-order valence-corrected chi connectivity index (χ3v) is 3.03. The van der Waals surface area contributed by atoms with E-state index in [1.165, 1.54) is 5.56 Å². The average molecular weight is 241 g/mol. The Bertz CT molecular complexity index is 478. The molecule has 2 aromatic carbocycles. The molecule has 2 rings (SSSR count). The Morgan fingerprint density at radius 3 is 2.17 bits per heavy atom. The molecule has 94 valence electrons. The van der Waals surface area contributed by atoms with E-state index in [1.807, 2.05) is 37.3 Å². The number of rotatable bonds is 4. The van der Waals surface area contributed by atoms with Crippen LogP contribution >= 0.6 is 0 Å². The van der Waals surface area contributed by atoms with Crippen LogP contribution in [0.1, 0.15) is 24.1 Å². The van der Waals surface area contributed by atoms with Crippen molar-refractivity contribution in [2.24, 2.45) is 5.73 Å². The molecular formula is C16H19NO. The molecule has 18 heavy (non-hydrogen) atoms.